The molecule has 1 amide bonds. The van der Waals surface area contributed by atoms with Gasteiger partial charge in [-0.3, -0.25) is 15.0 Å². The summed E-state index contributed by atoms with van der Waals surface area (Å²) in [6.45, 7) is 0. The third kappa shape index (κ3) is 2.62. The Balaban J connectivity index is 2.11. The molecule has 1 unspecified atom stereocenters. The van der Waals surface area contributed by atoms with Crippen molar-refractivity contribution in [3.8, 4) is 0 Å². The number of carbonyl (C=O) groups is 2. The summed E-state index contributed by atoms with van der Waals surface area (Å²) in [6, 6.07) is 4.07. The summed E-state index contributed by atoms with van der Waals surface area (Å²) in [5.74, 6) is -1.59. The lowest BCUT2D eigenvalue weighted by atomic mass is 10.00. The van der Waals surface area contributed by atoms with Gasteiger partial charge in [0.15, 0.2) is 0 Å². The second-order valence-corrected chi connectivity index (χ2v) is 4.23. The Morgan fingerprint density at radius 1 is 1.41 bits per heavy atom. The van der Waals surface area contributed by atoms with E-state index in [9.17, 15) is 14.0 Å². The van der Waals surface area contributed by atoms with E-state index in [1.807, 2.05) is 0 Å². The zero-order chi connectivity index (χ0) is 12.4. The first-order valence-electron chi connectivity index (χ1n) is 5.09. The molecule has 0 spiro atoms. The number of hydrogen-bond acceptors (Lipinski definition) is 3. The van der Waals surface area contributed by atoms with E-state index < -0.39 is 17.5 Å². The van der Waals surface area contributed by atoms with Gasteiger partial charge in [0.05, 0.1) is 0 Å². The molecule has 0 aliphatic carbocycles. The molecule has 1 aromatic rings. The summed E-state index contributed by atoms with van der Waals surface area (Å²) in [4.78, 5) is 22.1. The van der Waals surface area contributed by atoms with Gasteiger partial charge in [0.25, 0.3) is 0 Å². The van der Waals surface area contributed by atoms with Gasteiger partial charge in [0.2, 0.25) is 5.78 Å². The summed E-state index contributed by atoms with van der Waals surface area (Å²) < 4.78 is 13.5. The van der Waals surface area contributed by atoms with Gasteiger partial charge in [-0.15, -0.1) is 0 Å². The van der Waals surface area contributed by atoms with Crippen LogP contribution in [-0.4, -0.2) is 17.7 Å². The fraction of sp³-hybridized carbons (Fsp3) is 0.273. The monoisotopic (exact) mass is 256 g/mol. The van der Waals surface area contributed by atoms with Crippen LogP contribution in [0.25, 0.3) is 0 Å². The van der Waals surface area contributed by atoms with E-state index in [0.717, 1.165) is 0 Å². The number of nitrogens with one attached hydrogen (secondary N) is 2. The molecule has 1 atom stereocenters. The maximum Gasteiger partial charge on any atom is 0.301 e. The first-order chi connectivity index (χ1) is 8.08. The van der Waals surface area contributed by atoms with Crippen molar-refractivity contribution < 1.29 is 14.0 Å². The number of ketones is 1. The topological polar surface area (TPSA) is 58.2 Å². The highest BCUT2D eigenvalue weighted by Crippen LogP contribution is 2.21. The minimum absolute atomic E-state index is 0.0382. The molecule has 2 rings (SSSR count). The summed E-state index contributed by atoms with van der Waals surface area (Å²) in [6.07, 6.45) is 0.286. The molecule has 1 heterocycles. The van der Waals surface area contributed by atoms with E-state index in [-0.39, 0.29) is 18.9 Å². The molecule has 0 aromatic heterocycles. The van der Waals surface area contributed by atoms with Crippen LogP contribution in [-0.2, 0) is 16.0 Å². The average molecular weight is 257 g/mol. The number of rotatable bonds is 2. The Bertz CT molecular complexity index is 458. The molecular weight excluding hydrogens is 247 g/mol. The van der Waals surface area contributed by atoms with Gasteiger partial charge in [-0.2, -0.15) is 0 Å². The van der Waals surface area contributed by atoms with Crippen LogP contribution >= 0.6 is 11.6 Å². The van der Waals surface area contributed by atoms with Crippen molar-refractivity contribution in [3.63, 3.8) is 0 Å². The van der Waals surface area contributed by atoms with E-state index >= 15 is 0 Å². The van der Waals surface area contributed by atoms with Gasteiger partial charge >= 0.3 is 5.91 Å². The predicted molar refractivity (Wildman–Crippen MR) is 59.8 cm³/mol. The van der Waals surface area contributed by atoms with Crippen molar-refractivity contribution in [1.29, 1.82) is 0 Å². The molecule has 1 fully saturated rings. The third-order valence-electron chi connectivity index (χ3n) is 2.59. The summed E-state index contributed by atoms with van der Waals surface area (Å²) in [5.41, 5.74) is 5.24. The zero-order valence-corrected chi connectivity index (χ0v) is 9.55. The molecule has 2 N–H and O–H groups in total. The Hall–Kier alpha value is -1.46. The van der Waals surface area contributed by atoms with E-state index in [1.165, 1.54) is 12.1 Å². The van der Waals surface area contributed by atoms with Crippen molar-refractivity contribution >= 4 is 23.3 Å². The van der Waals surface area contributed by atoms with Crippen LogP contribution < -0.4 is 10.9 Å². The number of benzene rings is 1. The highest BCUT2D eigenvalue weighted by atomic mass is 35.5. The number of halogens is 2. The lowest BCUT2D eigenvalue weighted by Crippen LogP contribution is -2.54. The highest BCUT2D eigenvalue weighted by molar-refractivity contribution is 6.36. The summed E-state index contributed by atoms with van der Waals surface area (Å²) in [5, 5.41) is 0.316. The maximum absolute atomic E-state index is 13.5. The maximum atomic E-state index is 13.5. The Kier molecular flexibility index (Phi) is 3.40. The Morgan fingerprint density at radius 2 is 2.18 bits per heavy atom. The van der Waals surface area contributed by atoms with Gasteiger partial charge in [-0.05, 0) is 18.6 Å². The zero-order valence-electron chi connectivity index (χ0n) is 8.80. The van der Waals surface area contributed by atoms with E-state index in [1.54, 1.807) is 6.07 Å². The number of carbonyl (C=O) groups excluding carboxylic acids is 2. The molecule has 1 saturated heterocycles. The highest BCUT2D eigenvalue weighted by Gasteiger charge is 2.26. The molecule has 1 aliphatic rings. The third-order valence-corrected chi connectivity index (χ3v) is 2.94. The lowest BCUT2D eigenvalue weighted by Gasteiger charge is -2.23. The van der Waals surface area contributed by atoms with Gasteiger partial charge in [0, 0.05) is 23.0 Å². The largest absolute Gasteiger partial charge is 0.301 e. The normalized spacial score (nSPS) is 20.2. The molecule has 17 heavy (non-hydrogen) atoms. The molecule has 0 saturated carbocycles. The van der Waals surface area contributed by atoms with Crippen molar-refractivity contribution in [2.24, 2.45) is 0 Å². The second kappa shape index (κ2) is 4.81. The molecular formula is C11H10ClFN2O2. The van der Waals surface area contributed by atoms with Gasteiger partial charge < -0.3 is 0 Å². The van der Waals surface area contributed by atoms with Crippen molar-refractivity contribution in [2.75, 3.05) is 0 Å². The number of hydrogen-bond donors (Lipinski definition) is 2. The SMILES string of the molecule is O=C1CC(Cc2c(F)cccc2Cl)NNC1=O. The van der Waals surface area contributed by atoms with Crippen LogP contribution in [0.5, 0.6) is 0 Å². The Labute approximate surface area is 102 Å². The van der Waals surface area contributed by atoms with Crippen LogP contribution in [0.15, 0.2) is 18.2 Å². The van der Waals surface area contributed by atoms with Crippen molar-refractivity contribution in [2.45, 2.75) is 18.9 Å². The van der Waals surface area contributed by atoms with Crippen LogP contribution in [0.2, 0.25) is 5.02 Å². The van der Waals surface area contributed by atoms with Crippen LogP contribution in [0, 0.1) is 5.82 Å². The van der Waals surface area contributed by atoms with Crippen LogP contribution in [0.4, 0.5) is 4.39 Å². The van der Waals surface area contributed by atoms with E-state index in [4.69, 9.17) is 11.6 Å². The van der Waals surface area contributed by atoms with Gasteiger partial charge in [0.1, 0.15) is 5.82 Å². The first kappa shape index (κ1) is 12.0. The van der Waals surface area contributed by atoms with Crippen LogP contribution in [0.1, 0.15) is 12.0 Å². The lowest BCUT2D eigenvalue weighted by molar-refractivity contribution is -0.141. The van der Waals surface area contributed by atoms with Gasteiger partial charge in [-0.25, -0.2) is 9.82 Å². The summed E-state index contributed by atoms with van der Waals surface area (Å²) >= 11 is 5.87. The molecule has 0 radical (unpaired) electrons. The molecule has 90 valence electrons. The number of Topliss-reactive ketones (excluding diaryl/α,β-unsaturated/α-hetero) is 1. The smallest absolute Gasteiger partial charge is 0.289 e. The fourth-order valence-electron chi connectivity index (χ4n) is 1.70. The molecule has 0 bridgehead atoms. The van der Waals surface area contributed by atoms with Gasteiger partial charge in [-0.1, -0.05) is 17.7 Å². The molecule has 4 nitrogen and oxygen atoms in total. The Morgan fingerprint density at radius 3 is 2.82 bits per heavy atom. The number of hydrazine groups is 1. The van der Waals surface area contributed by atoms with E-state index in [2.05, 4.69) is 10.9 Å². The predicted octanol–water partition coefficient (Wildman–Crippen LogP) is 0.984. The fourth-order valence-corrected chi connectivity index (χ4v) is 1.94. The minimum Gasteiger partial charge on any atom is -0.289 e. The first-order valence-corrected chi connectivity index (χ1v) is 5.47. The second-order valence-electron chi connectivity index (χ2n) is 3.83. The standard InChI is InChI=1S/C11H10ClFN2O2/c12-8-2-1-3-9(13)7(8)4-6-5-10(16)11(17)15-14-6/h1-3,6,14H,4-5H2,(H,15,17). The molecule has 6 heteroatoms. The van der Waals surface area contributed by atoms with Crippen molar-refractivity contribution in [3.05, 3.63) is 34.6 Å². The molecule has 1 aliphatic heterocycles. The number of amides is 1. The average Bonchev–Trinajstić information content (AvgIpc) is 2.28. The van der Waals surface area contributed by atoms with E-state index in [0.29, 0.717) is 10.6 Å². The molecule has 1 aromatic carbocycles. The quantitative estimate of drug-likeness (QED) is 0.776. The summed E-state index contributed by atoms with van der Waals surface area (Å²) in [7, 11) is 0. The van der Waals surface area contributed by atoms with Crippen molar-refractivity contribution in [1.82, 2.24) is 10.9 Å². The van der Waals surface area contributed by atoms with Crippen LogP contribution in [0.3, 0.4) is 0 Å². The minimum atomic E-state index is -0.666.